The van der Waals surface area contributed by atoms with E-state index in [1.165, 1.54) is 0 Å². The molecule has 1 fully saturated rings. The first-order valence-electron chi connectivity index (χ1n) is 14.3. The molecule has 8 nitrogen and oxygen atoms in total. The molecule has 0 radical (unpaired) electrons. The number of pyridine rings is 1. The number of fused-ring (bicyclic) bond motifs is 2. The zero-order chi connectivity index (χ0) is 29.5. The minimum atomic E-state index is -0.180. The molecule has 43 heavy (non-hydrogen) atoms. The monoisotopic (exact) mass is 589 g/mol. The molecule has 0 unspecified atom stereocenters. The molecule has 7 rings (SSSR count). The predicted molar refractivity (Wildman–Crippen MR) is 171 cm³/mol. The molecule has 216 valence electrons. The van der Waals surface area contributed by atoms with Crippen molar-refractivity contribution in [2.24, 2.45) is 0 Å². The van der Waals surface area contributed by atoms with Crippen molar-refractivity contribution in [3.05, 3.63) is 114 Å². The quantitative estimate of drug-likeness (QED) is 0.214. The van der Waals surface area contributed by atoms with Gasteiger partial charge in [-0.25, -0.2) is 0 Å². The Morgan fingerprint density at radius 2 is 1.81 bits per heavy atom. The molecule has 0 bridgehead atoms. The second kappa shape index (κ2) is 11.1. The van der Waals surface area contributed by atoms with Gasteiger partial charge in [0.05, 0.1) is 17.8 Å². The van der Waals surface area contributed by atoms with Gasteiger partial charge in [-0.15, -0.1) is 0 Å². The Morgan fingerprint density at radius 1 is 1.00 bits per heavy atom. The topological polar surface area (TPSA) is 80.7 Å². The Morgan fingerprint density at radius 3 is 2.67 bits per heavy atom. The summed E-state index contributed by atoms with van der Waals surface area (Å²) in [6.07, 6.45) is 2.07. The van der Waals surface area contributed by atoms with Gasteiger partial charge in [-0.1, -0.05) is 42.5 Å². The normalized spacial score (nSPS) is 17.3. The highest BCUT2D eigenvalue weighted by atomic mass is 32.1. The average molecular weight is 590 g/mol. The molecule has 4 heterocycles. The molecule has 1 amide bonds. The Hall–Kier alpha value is -4.89. The number of hydrogen-bond donors (Lipinski definition) is 2. The molecule has 1 saturated heterocycles. The van der Waals surface area contributed by atoms with E-state index in [9.17, 15) is 4.79 Å². The van der Waals surface area contributed by atoms with Crippen LogP contribution in [0.1, 0.15) is 41.1 Å². The van der Waals surface area contributed by atoms with Crippen molar-refractivity contribution in [2.75, 3.05) is 18.7 Å². The molecule has 2 N–H and O–H groups in total. The fraction of sp³-hybridized carbons (Fsp3) is 0.206. The number of carbonyl (C=O) groups excluding carboxylic acids is 1. The summed E-state index contributed by atoms with van der Waals surface area (Å²) in [5.41, 5.74) is 5.98. The highest BCUT2D eigenvalue weighted by molar-refractivity contribution is 7.80. The number of aryl methyl sites for hydroxylation is 1. The lowest BCUT2D eigenvalue weighted by Crippen LogP contribution is -2.33. The maximum absolute atomic E-state index is 13.3. The Kier molecular flexibility index (Phi) is 6.95. The lowest BCUT2D eigenvalue weighted by atomic mass is 9.96. The van der Waals surface area contributed by atoms with E-state index < -0.39 is 0 Å². The van der Waals surface area contributed by atoms with Gasteiger partial charge in [-0.3, -0.25) is 9.78 Å². The molecule has 0 saturated carbocycles. The first-order chi connectivity index (χ1) is 21.0. The summed E-state index contributed by atoms with van der Waals surface area (Å²) < 4.78 is 13.4. The molecule has 9 heteroatoms. The fourth-order valence-corrected chi connectivity index (χ4v) is 6.59. The van der Waals surface area contributed by atoms with E-state index >= 15 is 0 Å². The lowest BCUT2D eigenvalue weighted by molar-refractivity contribution is -0.116. The standard InChI is InChI=1S/C34H31N5O3S/c1-21-18-26(22(2)39(21)24-13-14-29-30(19-24)42-20-41-29)33-32(28-11-5-6-16-35-28)37-34(43)38(33)17-15-31(40)36-27-12-7-9-23-8-3-4-10-25(23)27/h3-14,16,18-19,32-33H,15,17,20H2,1-2H3,(H,36,40)(H,37,43)/t32-,33-/m0/s1. The number of aromatic nitrogens is 2. The van der Waals surface area contributed by atoms with Crippen LogP contribution in [0.15, 0.2) is 91.1 Å². The van der Waals surface area contributed by atoms with Crippen LogP contribution in [-0.2, 0) is 4.79 Å². The first-order valence-corrected chi connectivity index (χ1v) is 14.7. The number of amides is 1. The van der Waals surface area contributed by atoms with Gasteiger partial charge in [0.1, 0.15) is 0 Å². The van der Waals surface area contributed by atoms with E-state index in [-0.39, 0.29) is 31.2 Å². The van der Waals surface area contributed by atoms with E-state index in [1.807, 2.05) is 78.9 Å². The van der Waals surface area contributed by atoms with Crippen molar-refractivity contribution in [2.45, 2.75) is 32.4 Å². The number of hydrogen-bond acceptors (Lipinski definition) is 5. The smallest absolute Gasteiger partial charge is 0.231 e. The summed E-state index contributed by atoms with van der Waals surface area (Å²) in [5.74, 6) is 1.42. The number of carbonyl (C=O) groups is 1. The molecule has 0 spiro atoms. The second-order valence-corrected chi connectivity index (χ2v) is 11.2. The van der Waals surface area contributed by atoms with Crippen molar-refractivity contribution in [3.63, 3.8) is 0 Å². The minimum absolute atomic E-state index is 0.0648. The maximum Gasteiger partial charge on any atom is 0.231 e. The highest BCUT2D eigenvalue weighted by Crippen LogP contribution is 2.42. The van der Waals surface area contributed by atoms with Crippen LogP contribution in [-0.4, -0.2) is 38.8 Å². The van der Waals surface area contributed by atoms with E-state index in [0.717, 1.165) is 56.3 Å². The Bertz CT molecular complexity index is 1850. The largest absolute Gasteiger partial charge is 0.454 e. The van der Waals surface area contributed by atoms with E-state index in [0.29, 0.717) is 11.7 Å². The molecule has 2 aliphatic heterocycles. The van der Waals surface area contributed by atoms with Crippen LogP contribution < -0.4 is 20.1 Å². The number of thiocarbonyl (C=S) groups is 1. The second-order valence-electron chi connectivity index (χ2n) is 10.8. The number of ether oxygens (including phenoxy) is 2. The average Bonchev–Trinajstić information content (AvgIpc) is 3.71. The summed E-state index contributed by atoms with van der Waals surface area (Å²) in [7, 11) is 0. The molecule has 0 aliphatic carbocycles. The van der Waals surface area contributed by atoms with Gasteiger partial charge in [0.15, 0.2) is 16.6 Å². The Labute approximate surface area is 255 Å². The van der Waals surface area contributed by atoms with Crippen molar-refractivity contribution < 1.29 is 14.3 Å². The molecular formula is C34H31N5O3S. The summed E-state index contributed by atoms with van der Waals surface area (Å²) in [5, 5.41) is 9.34. The van der Waals surface area contributed by atoms with Gasteiger partial charge in [-0.2, -0.15) is 0 Å². The van der Waals surface area contributed by atoms with Crippen molar-refractivity contribution in [1.29, 1.82) is 0 Å². The molecular weight excluding hydrogens is 558 g/mol. The van der Waals surface area contributed by atoms with Gasteiger partial charge in [-0.05, 0) is 73.4 Å². The van der Waals surface area contributed by atoms with Gasteiger partial charge in [0.2, 0.25) is 12.7 Å². The summed E-state index contributed by atoms with van der Waals surface area (Å²) in [6.45, 7) is 4.90. The van der Waals surface area contributed by atoms with Crippen LogP contribution in [0.5, 0.6) is 11.5 Å². The van der Waals surface area contributed by atoms with Gasteiger partial charge in [0.25, 0.3) is 0 Å². The third-order valence-electron chi connectivity index (χ3n) is 8.24. The van der Waals surface area contributed by atoms with Gasteiger partial charge in [0, 0.05) is 53.4 Å². The molecule has 2 aliphatic rings. The van der Waals surface area contributed by atoms with E-state index in [1.54, 1.807) is 6.20 Å². The molecule has 2 atom stereocenters. The maximum atomic E-state index is 13.3. The third-order valence-corrected chi connectivity index (χ3v) is 8.60. The van der Waals surface area contributed by atoms with Crippen LogP contribution in [0, 0.1) is 13.8 Å². The van der Waals surface area contributed by atoms with Crippen LogP contribution in [0.4, 0.5) is 5.69 Å². The Balaban J connectivity index is 1.20. The third kappa shape index (κ3) is 4.95. The van der Waals surface area contributed by atoms with Gasteiger partial charge >= 0.3 is 0 Å². The first kappa shape index (κ1) is 27.0. The van der Waals surface area contributed by atoms with Crippen LogP contribution in [0.2, 0.25) is 0 Å². The van der Waals surface area contributed by atoms with E-state index in [4.69, 9.17) is 21.7 Å². The summed E-state index contributed by atoms with van der Waals surface area (Å²) >= 11 is 5.89. The number of nitrogens with zero attached hydrogens (tertiary/aromatic N) is 3. The van der Waals surface area contributed by atoms with Crippen LogP contribution >= 0.6 is 12.2 Å². The highest BCUT2D eigenvalue weighted by Gasteiger charge is 2.41. The fourth-order valence-electron chi connectivity index (χ4n) is 6.26. The number of benzene rings is 3. The van der Waals surface area contributed by atoms with Gasteiger partial charge < -0.3 is 29.6 Å². The number of nitrogens with one attached hydrogen (secondary N) is 2. The SMILES string of the molecule is Cc1cc([C@H]2[C@H](c3ccccn3)NC(=S)N2CCC(=O)Nc2cccc3ccccc23)c(C)n1-c1ccc2c(c1)OCO2. The number of rotatable bonds is 7. The lowest BCUT2D eigenvalue weighted by Gasteiger charge is -2.28. The summed E-state index contributed by atoms with van der Waals surface area (Å²) in [6, 6.07) is 27.8. The molecule has 3 aromatic carbocycles. The van der Waals surface area contributed by atoms with Crippen molar-refractivity contribution in [1.82, 2.24) is 19.8 Å². The summed E-state index contributed by atoms with van der Waals surface area (Å²) in [4.78, 5) is 20.1. The molecule has 2 aromatic heterocycles. The van der Waals surface area contributed by atoms with E-state index in [2.05, 4.69) is 45.0 Å². The predicted octanol–water partition coefficient (Wildman–Crippen LogP) is 6.37. The van der Waals surface area contributed by atoms with Crippen LogP contribution in [0.3, 0.4) is 0 Å². The zero-order valence-corrected chi connectivity index (χ0v) is 24.7. The van der Waals surface area contributed by atoms with Crippen molar-refractivity contribution in [3.8, 4) is 17.2 Å². The number of anilines is 1. The molecule has 5 aromatic rings. The minimum Gasteiger partial charge on any atom is -0.454 e. The zero-order valence-electron chi connectivity index (χ0n) is 23.9. The van der Waals surface area contributed by atoms with Crippen molar-refractivity contribution >= 4 is 39.7 Å². The van der Waals surface area contributed by atoms with Crippen LogP contribution in [0.25, 0.3) is 16.5 Å².